The summed E-state index contributed by atoms with van der Waals surface area (Å²) in [5.41, 5.74) is 7.74. The van der Waals surface area contributed by atoms with Crippen LogP contribution in [0, 0.1) is 12.8 Å². The predicted molar refractivity (Wildman–Crippen MR) is 108 cm³/mol. The second-order valence-electron chi connectivity index (χ2n) is 8.52. The van der Waals surface area contributed by atoms with E-state index in [9.17, 15) is 14.7 Å². The maximum atomic E-state index is 13.4. The number of furan rings is 1. The molecule has 1 aliphatic carbocycles. The van der Waals surface area contributed by atoms with Crippen molar-refractivity contribution in [1.82, 2.24) is 0 Å². The van der Waals surface area contributed by atoms with Gasteiger partial charge in [-0.25, -0.2) is 9.28 Å². The fourth-order valence-corrected chi connectivity index (χ4v) is 4.43. The molecule has 1 heterocycles. The second kappa shape index (κ2) is 8.05. The summed E-state index contributed by atoms with van der Waals surface area (Å²) in [4.78, 5) is 25.1. The first-order chi connectivity index (χ1) is 13.3. The van der Waals surface area contributed by atoms with Crippen LogP contribution in [0.25, 0.3) is 11.0 Å². The number of amides is 2. The van der Waals surface area contributed by atoms with Crippen molar-refractivity contribution in [3.63, 3.8) is 0 Å². The van der Waals surface area contributed by atoms with Crippen LogP contribution in [0.15, 0.2) is 22.6 Å². The number of aryl methyl sites for hydroxylation is 1. The van der Waals surface area contributed by atoms with Gasteiger partial charge in [0.1, 0.15) is 23.5 Å². The molecule has 0 saturated heterocycles. The zero-order valence-electron chi connectivity index (χ0n) is 17.0. The minimum Gasteiger partial charge on any atom is -0.460 e. The van der Waals surface area contributed by atoms with Gasteiger partial charge in [-0.3, -0.25) is 4.79 Å². The SMILES string of the molecule is Cc1oc2ccc(CC3CCCCC3)cc2c1C(=O)[N+](C)(C)C(CO)C(N)=O. The van der Waals surface area contributed by atoms with E-state index >= 15 is 0 Å². The van der Waals surface area contributed by atoms with Crippen LogP contribution in [0.1, 0.15) is 53.8 Å². The monoisotopic (exact) mass is 387 g/mol. The zero-order chi connectivity index (χ0) is 20.5. The van der Waals surface area contributed by atoms with E-state index in [1.807, 2.05) is 12.1 Å². The lowest BCUT2D eigenvalue weighted by Gasteiger charge is -2.32. The highest BCUT2D eigenvalue weighted by atomic mass is 16.3. The fourth-order valence-electron chi connectivity index (χ4n) is 4.43. The minimum absolute atomic E-state index is 0.288. The number of carbonyl (C=O) groups excluding carboxylic acids is 2. The molecule has 28 heavy (non-hydrogen) atoms. The van der Waals surface area contributed by atoms with Crippen molar-refractivity contribution >= 4 is 22.8 Å². The van der Waals surface area contributed by atoms with Gasteiger partial charge in [-0.1, -0.05) is 38.2 Å². The van der Waals surface area contributed by atoms with Crippen molar-refractivity contribution < 1.29 is 23.6 Å². The highest BCUT2D eigenvalue weighted by Crippen LogP contribution is 2.32. The third kappa shape index (κ3) is 3.84. The molecule has 1 atom stereocenters. The van der Waals surface area contributed by atoms with Gasteiger partial charge in [0.05, 0.1) is 14.1 Å². The van der Waals surface area contributed by atoms with Crippen molar-refractivity contribution in [3.8, 4) is 0 Å². The van der Waals surface area contributed by atoms with Crippen LogP contribution >= 0.6 is 0 Å². The quantitative estimate of drug-likeness (QED) is 0.745. The van der Waals surface area contributed by atoms with Crippen molar-refractivity contribution in [2.75, 3.05) is 20.7 Å². The molecule has 3 N–H and O–H groups in total. The lowest BCUT2D eigenvalue weighted by atomic mass is 9.84. The smallest absolute Gasteiger partial charge is 0.350 e. The molecule has 2 amide bonds. The number of quaternary nitrogens is 1. The Morgan fingerprint density at radius 1 is 1.25 bits per heavy atom. The summed E-state index contributed by atoms with van der Waals surface area (Å²) in [7, 11) is 3.19. The highest BCUT2D eigenvalue weighted by molar-refractivity contribution is 6.05. The van der Waals surface area contributed by atoms with E-state index in [1.54, 1.807) is 21.0 Å². The van der Waals surface area contributed by atoms with Crippen LogP contribution in [0.4, 0.5) is 0 Å². The molecule has 1 fully saturated rings. The van der Waals surface area contributed by atoms with Crippen molar-refractivity contribution in [1.29, 1.82) is 0 Å². The van der Waals surface area contributed by atoms with E-state index in [0.29, 0.717) is 22.8 Å². The third-order valence-electron chi connectivity index (χ3n) is 6.20. The van der Waals surface area contributed by atoms with Crippen LogP contribution in [0.2, 0.25) is 0 Å². The highest BCUT2D eigenvalue weighted by Gasteiger charge is 2.42. The molecule has 152 valence electrons. The number of rotatable bonds is 6. The molecule has 0 aliphatic heterocycles. The first kappa shape index (κ1) is 20.6. The summed E-state index contributed by atoms with van der Waals surface area (Å²) in [5.74, 6) is 0.217. The molecule has 6 nitrogen and oxygen atoms in total. The zero-order valence-corrected chi connectivity index (χ0v) is 17.0. The van der Waals surface area contributed by atoms with Gasteiger partial charge in [-0.2, -0.15) is 0 Å². The Morgan fingerprint density at radius 2 is 1.93 bits per heavy atom. The molecular formula is C22H31N2O4+. The summed E-state index contributed by atoms with van der Waals surface area (Å²) in [6, 6.07) is 5.04. The van der Waals surface area contributed by atoms with Gasteiger partial charge in [0.2, 0.25) is 0 Å². The first-order valence-electron chi connectivity index (χ1n) is 10.1. The number of benzene rings is 1. The van der Waals surface area contributed by atoms with E-state index in [0.717, 1.165) is 11.8 Å². The van der Waals surface area contributed by atoms with Crippen LogP contribution < -0.4 is 5.73 Å². The number of likely N-dealkylation sites (N-methyl/N-ethyl adjacent to an activating group) is 1. The Balaban J connectivity index is 1.97. The summed E-state index contributed by atoms with van der Waals surface area (Å²) in [5, 5.41) is 10.4. The van der Waals surface area contributed by atoms with Crippen LogP contribution in [-0.2, 0) is 11.2 Å². The van der Waals surface area contributed by atoms with E-state index in [2.05, 4.69) is 6.07 Å². The average Bonchev–Trinajstić information content (AvgIpc) is 2.97. The lowest BCUT2D eigenvalue weighted by molar-refractivity contribution is -0.825. The molecule has 6 heteroatoms. The van der Waals surface area contributed by atoms with E-state index < -0.39 is 18.6 Å². The number of aliphatic hydroxyl groups excluding tert-OH is 1. The summed E-state index contributed by atoms with van der Waals surface area (Å²) in [6.45, 7) is 1.27. The van der Waals surface area contributed by atoms with Gasteiger partial charge in [0, 0.05) is 5.39 Å². The number of fused-ring (bicyclic) bond motifs is 1. The average molecular weight is 388 g/mol. The van der Waals surface area contributed by atoms with E-state index in [4.69, 9.17) is 10.2 Å². The number of hydrogen-bond donors (Lipinski definition) is 2. The maximum absolute atomic E-state index is 13.4. The first-order valence-corrected chi connectivity index (χ1v) is 10.1. The van der Waals surface area contributed by atoms with Gasteiger partial charge in [0.25, 0.3) is 5.91 Å². The Labute approximate surface area is 165 Å². The summed E-state index contributed by atoms with van der Waals surface area (Å²) >= 11 is 0. The van der Waals surface area contributed by atoms with Crippen molar-refractivity contribution in [2.45, 2.75) is 51.5 Å². The summed E-state index contributed by atoms with van der Waals surface area (Å²) in [6.07, 6.45) is 7.44. The normalized spacial score (nSPS) is 17.0. The molecule has 1 aromatic carbocycles. The lowest BCUT2D eigenvalue weighted by Crippen LogP contribution is -2.60. The van der Waals surface area contributed by atoms with Crippen LogP contribution in [0.3, 0.4) is 0 Å². The molecule has 1 aliphatic rings. The molecule has 1 unspecified atom stereocenters. The van der Waals surface area contributed by atoms with Crippen LogP contribution in [-0.4, -0.2) is 48.1 Å². The Hall–Kier alpha value is -2.18. The van der Waals surface area contributed by atoms with Crippen molar-refractivity contribution in [3.05, 3.63) is 35.1 Å². The van der Waals surface area contributed by atoms with Gasteiger partial charge in [0.15, 0.2) is 6.04 Å². The maximum Gasteiger partial charge on any atom is 0.350 e. The van der Waals surface area contributed by atoms with E-state index in [1.165, 1.54) is 37.7 Å². The molecule has 1 saturated carbocycles. The van der Waals surface area contributed by atoms with Gasteiger partial charge in [-0.15, -0.1) is 0 Å². The standard InChI is InChI=1S/C22H30N2O4/c1-14-20(22(27)24(2,3)18(13-25)21(23)26)17-12-16(9-10-19(17)28-14)11-15-7-5-4-6-8-15/h9-10,12,15,18,25H,4-8,11,13H2,1-3H3,(H-,23,26)/p+1. The molecule has 3 rings (SSSR count). The Bertz CT molecular complexity index is 878. The largest absolute Gasteiger partial charge is 0.460 e. The number of aliphatic hydroxyl groups is 1. The molecule has 2 aromatic rings. The molecule has 0 spiro atoms. The van der Waals surface area contributed by atoms with Gasteiger partial charge in [-0.05, 0) is 37.0 Å². The van der Waals surface area contributed by atoms with Gasteiger partial charge >= 0.3 is 5.91 Å². The second-order valence-corrected chi connectivity index (χ2v) is 8.52. The predicted octanol–water partition coefficient (Wildman–Crippen LogP) is 2.93. The third-order valence-corrected chi connectivity index (χ3v) is 6.20. The van der Waals surface area contributed by atoms with E-state index in [-0.39, 0.29) is 10.4 Å². The van der Waals surface area contributed by atoms with Crippen molar-refractivity contribution in [2.24, 2.45) is 11.7 Å². The minimum atomic E-state index is -1.01. The van der Waals surface area contributed by atoms with Crippen LogP contribution in [0.5, 0.6) is 0 Å². The molecule has 1 aromatic heterocycles. The Kier molecular flexibility index (Phi) is 5.91. The topological polar surface area (TPSA) is 93.5 Å². The number of hydrogen-bond acceptors (Lipinski definition) is 4. The Morgan fingerprint density at radius 3 is 2.54 bits per heavy atom. The number of carbonyl (C=O) groups is 2. The number of nitrogens with two attached hydrogens (primary N) is 1. The van der Waals surface area contributed by atoms with Gasteiger partial charge < -0.3 is 15.3 Å². The molecule has 0 bridgehead atoms. The number of nitrogens with zero attached hydrogens (tertiary/aromatic N) is 1. The molecule has 0 radical (unpaired) electrons. The number of primary amides is 1. The fraction of sp³-hybridized carbons (Fsp3) is 0.545. The molecular weight excluding hydrogens is 356 g/mol. The summed E-state index contributed by atoms with van der Waals surface area (Å²) < 4.78 is 5.47.